The van der Waals surface area contributed by atoms with Crippen LogP contribution >= 0.6 is 0 Å². The molecule has 1 aliphatic heterocycles. The molecule has 0 aromatic heterocycles. The smallest absolute Gasteiger partial charge is 0.333 e. The summed E-state index contributed by atoms with van der Waals surface area (Å²) in [5.41, 5.74) is 1.71. The van der Waals surface area contributed by atoms with Crippen LogP contribution < -0.4 is 19.7 Å². The largest absolute Gasteiger partial charge is 0.497 e. The number of hydrogen-bond donors (Lipinski definition) is 1. The number of nitro groups is 1. The molecule has 2 aromatic carbocycles. The lowest BCUT2D eigenvalue weighted by atomic mass is 10.0. The second-order valence-corrected chi connectivity index (χ2v) is 6.45. The molecule has 1 saturated heterocycles. The number of hydrogen-bond acceptors (Lipinski definition) is 6. The monoisotopic (exact) mass is 371 g/mol. The summed E-state index contributed by atoms with van der Waals surface area (Å²) in [7, 11) is 1.65. The Morgan fingerprint density at radius 1 is 1.22 bits per heavy atom. The molecule has 7 nitrogen and oxygen atoms in total. The van der Waals surface area contributed by atoms with Crippen LogP contribution in [-0.4, -0.2) is 37.8 Å². The summed E-state index contributed by atoms with van der Waals surface area (Å²) in [6, 6.07) is 13.5. The normalized spacial score (nSPS) is 14.7. The number of anilines is 2. The van der Waals surface area contributed by atoms with Crippen LogP contribution in [0.4, 0.5) is 17.1 Å². The number of ether oxygens (including phenoxy) is 2. The van der Waals surface area contributed by atoms with Gasteiger partial charge in [0.2, 0.25) is 0 Å². The van der Waals surface area contributed by atoms with Crippen molar-refractivity contribution in [3.8, 4) is 11.5 Å². The number of nitro benzene ring substituents is 1. The van der Waals surface area contributed by atoms with Crippen molar-refractivity contribution in [2.75, 3.05) is 37.0 Å². The highest BCUT2D eigenvalue weighted by atomic mass is 16.6. The van der Waals surface area contributed by atoms with Gasteiger partial charge < -0.3 is 19.7 Å². The average Bonchev–Trinajstić information content (AvgIpc) is 2.68. The van der Waals surface area contributed by atoms with Gasteiger partial charge in [-0.15, -0.1) is 0 Å². The zero-order valence-corrected chi connectivity index (χ0v) is 15.7. The standard InChI is InChI=1S/C20H25N3O4/c1-3-27-19-9-5-8-18(20(19)23(24)25)22-12-10-15(11-13-22)21-16-6-4-7-17(14-16)26-2/h4-9,14-15,21H,3,10-13H2,1-2H3. The first kappa shape index (κ1) is 18.8. The van der Waals surface area contributed by atoms with Gasteiger partial charge in [-0.2, -0.15) is 0 Å². The van der Waals surface area contributed by atoms with Crippen molar-refractivity contribution in [1.29, 1.82) is 0 Å². The quantitative estimate of drug-likeness (QED) is 0.584. The minimum atomic E-state index is -0.346. The third-order valence-corrected chi connectivity index (χ3v) is 4.74. The van der Waals surface area contributed by atoms with Crippen LogP contribution in [0.1, 0.15) is 19.8 Å². The van der Waals surface area contributed by atoms with Crippen molar-refractivity contribution >= 4 is 17.1 Å². The fraction of sp³-hybridized carbons (Fsp3) is 0.400. The lowest BCUT2D eigenvalue weighted by molar-refractivity contribution is -0.385. The molecule has 0 saturated carbocycles. The Hall–Kier alpha value is -2.96. The lowest BCUT2D eigenvalue weighted by Gasteiger charge is -2.34. The molecular formula is C20H25N3O4. The minimum Gasteiger partial charge on any atom is -0.497 e. The maximum atomic E-state index is 11.6. The fourth-order valence-corrected chi connectivity index (χ4v) is 3.43. The first-order valence-corrected chi connectivity index (χ1v) is 9.18. The zero-order chi connectivity index (χ0) is 19.2. The van der Waals surface area contributed by atoms with E-state index in [0.29, 0.717) is 24.1 Å². The van der Waals surface area contributed by atoms with E-state index in [2.05, 4.69) is 10.2 Å². The van der Waals surface area contributed by atoms with E-state index in [9.17, 15) is 10.1 Å². The second kappa shape index (κ2) is 8.62. The molecule has 0 aliphatic carbocycles. The summed E-state index contributed by atoms with van der Waals surface area (Å²) in [5, 5.41) is 15.1. The van der Waals surface area contributed by atoms with Gasteiger partial charge in [-0.05, 0) is 44.0 Å². The summed E-state index contributed by atoms with van der Waals surface area (Å²) in [4.78, 5) is 13.3. The topological polar surface area (TPSA) is 76.9 Å². The highest BCUT2D eigenvalue weighted by molar-refractivity contribution is 5.70. The zero-order valence-electron chi connectivity index (χ0n) is 15.7. The van der Waals surface area contributed by atoms with Crippen LogP contribution in [0.3, 0.4) is 0 Å². The molecule has 27 heavy (non-hydrogen) atoms. The van der Waals surface area contributed by atoms with Crippen LogP contribution in [0.5, 0.6) is 11.5 Å². The summed E-state index contributed by atoms with van der Waals surface area (Å²) >= 11 is 0. The minimum absolute atomic E-state index is 0.0542. The molecule has 0 spiro atoms. The second-order valence-electron chi connectivity index (χ2n) is 6.45. The van der Waals surface area contributed by atoms with Crippen molar-refractivity contribution < 1.29 is 14.4 Å². The van der Waals surface area contributed by atoms with Gasteiger partial charge in [-0.3, -0.25) is 10.1 Å². The Kier molecular flexibility index (Phi) is 6.01. The highest BCUT2D eigenvalue weighted by Crippen LogP contribution is 2.38. The molecule has 0 unspecified atom stereocenters. The molecule has 0 atom stereocenters. The number of nitrogens with one attached hydrogen (secondary N) is 1. The van der Waals surface area contributed by atoms with E-state index < -0.39 is 0 Å². The van der Waals surface area contributed by atoms with Crippen molar-refractivity contribution in [2.45, 2.75) is 25.8 Å². The fourth-order valence-electron chi connectivity index (χ4n) is 3.43. The maximum absolute atomic E-state index is 11.6. The van der Waals surface area contributed by atoms with Crippen molar-refractivity contribution in [1.82, 2.24) is 0 Å². The van der Waals surface area contributed by atoms with E-state index >= 15 is 0 Å². The third kappa shape index (κ3) is 4.42. The van der Waals surface area contributed by atoms with Crippen molar-refractivity contribution in [2.24, 2.45) is 0 Å². The van der Waals surface area contributed by atoms with Crippen LogP contribution in [0.15, 0.2) is 42.5 Å². The van der Waals surface area contributed by atoms with Gasteiger partial charge in [0.25, 0.3) is 0 Å². The predicted molar refractivity (Wildman–Crippen MR) is 106 cm³/mol. The number of para-hydroxylation sites is 1. The molecule has 1 heterocycles. The first-order chi connectivity index (χ1) is 13.1. The van der Waals surface area contributed by atoms with E-state index in [1.807, 2.05) is 37.3 Å². The molecule has 1 N–H and O–H groups in total. The maximum Gasteiger partial charge on any atom is 0.333 e. The van der Waals surface area contributed by atoms with Gasteiger partial charge in [0.1, 0.15) is 11.4 Å². The molecular weight excluding hydrogens is 346 g/mol. The van der Waals surface area contributed by atoms with E-state index in [1.54, 1.807) is 19.2 Å². The number of rotatable bonds is 7. The number of benzene rings is 2. The first-order valence-electron chi connectivity index (χ1n) is 9.18. The molecule has 0 amide bonds. The Bertz CT molecular complexity index is 789. The van der Waals surface area contributed by atoms with Crippen LogP contribution in [0.2, 0.25) is 0 Å². The number of piperidine rings is 1. The number of nitrogens with zero attached hydrogens (tertiary/aromatic N) is 2. The summed E-state index contributed by atoms with van der Waals surface area (Å²) in [6.45, 7) is 3.72. The number of methoxy groups -OCH3 is 1. The van der Waals surface area contributed by atoms with Gasteiger partial charge in [0.05, 0.1) is 18.6 Å². The van der Waals surface area contributed by atoms with Crippen molar-refractivity contribution in [3.63, 3.8) is 0 Å². The van der Waals surface area contributed by atoms with E-state index in [4.69, 9.17) is 9.47 Å². The summed E-state index contributed by atoms with van der Waals surface area (Å²) in [6.07, 6.45) is 1.79. The molecule has 0 bridgehead atoms. The molecule has 3 rings (SSSR count). The van der Waals surface area contributed by atoms with Gasteiger partial charge in [0.15, 0.2) is 5.75 Å². The molecule has 0 radical (unpaired) electrons. The van der Waals surface area contributed by atoms with Gasteiger partial charge in [0, 0.05) is 30.9 Å². The van der Waals surface area contributed by atoms with E-state index in [1.165, 1.54) is 0 Å². The molecule has 7 heteroatoms. The summed E-state index contributed by atoms with van der Waals surface area (Å²) in [5.74, 6) is 1.15. The van der Waals surface area contributed by atoms with E-state index in [0.717, 1.165) is 37.4 Å². The molecule has 1 aliphatic rings. The van der Waals surface area contributed by atoms with Gasteiger partial charge in [-0.25, -0.2) is 0 Å². The Labute approximate surface area is 159 Å². The van der Waals surface area contributed by atoms with E-state index in [-0.39, 0.29) is 10.6 Å². The Morgan fingerprint density at radius 2 is 1.96 bits per heavy atom. The average molecular weight is 371 g/mol. The Morgan fingerprint density at radius 3 is 2.63 bits per heavy atom. The van der Waals surface area contributed by atoms with Gasteiger partial charge in [-0.1, -0.05) is 12.1 Å². The summed E-state index contributed by atoms with van der Waals surface area (Å²) < 4.78 is 10.7. The Balaban J connectivity index is 1.68. The molecule has 2 aromatic rings. The molecule has 144 valence electrons. The van der Waals surface area contributed by atoms with Gasteiger partial charge >= 0.3 is 5.69 Å². The van der Waals surface area contributed by atoms with Crippen molar-refractivity contribution in [3.05, 3.63) is 52.6 Å². The molecule has 1 fully saturated rings. The van der Waals surface area contributed by atoms with Crippen LogP contribution in [0, 0.1) is 10.1 Å². The predicted octanol–water partition coefficient (Wildman–Crippen LogP) is 4.08. The van der Waals surface area contributed by atoms with Crippen LogP contribution in [-0.2, 0) is 0 Å². The third-order valence-electron chi connectivity index (χ3n) is 4.74. The van der Waals surface area contributed by atoms with Crippen LogP contribution in [0.25, 0.3) is 0 Å². The highest BCUT2D eigenvalue weighted by Gasteiger charge is 2.28. The lowest BCUT2D eigenvalue weighted by Crippen LogP contribution is -2.39. The SMILES string of the molecule is CCOc1cccc(N2CCC(Nc3cccc(OC)c3)CC2)c1[N+](=O)[O-].